The second-order valence-corrected chi connectivity index (χ2v) is 6.71. The van der Waals surface area contributed by atoms with E-state index in [4.69, 9.17) is 20.4 Å². The Hall–Kier alpha value is -0.810. The molecule has 134 valence electrons. The van der Waals surface area contributed by atoms with E-state index in [1.165, 1.54) is 0 Å². The van der Waals surface area contributed by atoms with Crippen molar-refractivity contribution < 1.29 is 30.3 Å². The maximum Gasteiger partial charge on any atom is 0.312 e. The van der Waals surface area contributed by atoms with Gasteiger partial charge in [-0.1, -0.05) is 0 Å². The fourth-order valence-corrected chi connectivity index (χ4v) is 2.69. The van der Waals surface area contributed by atoms with Crippen molar-refractivity contribution in [2.45, 2.75) is 24.5 Å². The van der Waals surface area contributed by atoms with Crippen molar-refractivity contribution in [3.8, 4) is 0 Å². The molecule has 23 heavy (non-hydrogen) atoms. The van der Waals surface area contributed by atoms with Crippen molar-refractivity contribution in [2.24, 2.45) is 10.8 Å². The minimum absolute atomic E-state index is 0.183. The minimum atomic E-state index is -1.11. The number of aliphatic hydroxyl groups excluding tert-OH is 4. The number of nitrogens with one attached hydrogen (secondary N) is 3. The van der Waals surface area contributed by atoms with Gasteiger partial charge in [-0.2, -0.15) is 0 Å². The second kappa shape index (κ2) is 7.39. The smallest absolute Gasteiger partial charge is 0.312 e. The molecule has 0 radical (unpaired) electrons. The van der Waals surface area contributed by atoms with E-state index in [0.29, 0.717) is 6.04 Å². The van der Waals surface area contributed by atoms with Crippen LogP contribution in [0.25, 0.3) is 0 Å². The number of rotatable bonds is 9. The Morgan fingerprint density at radius 1 is 0.870 bits per heavy atom. The molecule has 0 spiro atoms. The standard InChI is InChI=1S/C9H15N3O2.C5H12O4/c13-8(14)9(6-3-11-6,7-4-12-7)1-5-2-10-5;6-1-5(2-7,3-8)4-9/h5-7,10-12H,1-4H2,(H,13,14);6-9H,1-4H2. The molecule has 3 fully saturated rings. The average molecular weight is 333 g/mol. The molecular formula is C14H27N3O6. The van der Waals surface area contributed by atoms with Crippen molar-refractivity contribution in [1.82, 2.24) is 16.0 Å². The number of carboxylic acids is 1. The van der Waals surface area contributed by atoms with Gasteiger partial charge >= 0.3 is 5.97 Å². The summed E-state index contributed by atoms with van der Waals surface area (Å²) in [5.41, 5.74) is -1.67. The van der Waals surface area contributed by atoms with Crippen LogP contribution in [0.3, 0.4) is 0 Å². The van der Waals surface area contributed by atoms with Gasteiger partial charge in [0.1, 0.15) is 5.41 Å². The van der Waals surface area contributed by atoms with E-state index in [0.717, 1.165) is 26.1 Å². The molecule has 9 heteroatoms. The fourth-order valence-electron chi connectivity index (χ4n) is 2.69. The van der Waals surface area contributed by atoms with Gasteiger partial charge in [-0.3, -0.25) is 4.79 Å². The molecule has 0 aromatic carbocycles. The third-order valence-electron chi connectivity index (χ3n) is 4.88. The summed E-state index contributed by atoms with van der Waals surface area (Å²) in [4.78, 5) is 11.4. The van der Waals surface area contributed by atoms with E-state index in [1.807, 2.05) is 0 Å². The molecule has 8 N–H and O–H groups in total. The molecule has 0 aliphatic carbocycles. The summed E-state index contributed by atoms with van der Waals surface area (Å²) < 4.78 is 0. The average Bonchev–Trinajstić information content (AvgIpc) is 3.43. The topological polar surface area (TPSA) is 184 Å². The lowest BCUT2D eigenvalue weighted by Crippen LogP contribution is -2.45. The van der Waals surface area contributed by atoms with Gasteiger partial charge in [0.25, 0.3) is 0 Å². The number of aliphatic hydroxyl groups is 4. The molecule has 3 atom stereocenters. The summed E-state index contributed by atoms with van der Waals surface area (Å²) in [6.07, 6.45) is 0.762. The van der Waals surface area contributed by atoms with Crippen LogP contribution < -0.4 is 16.0 Å². The molecule has 0 aromatic heterocycles. The van der Waals surface area contributed by atoms with Gasteiger partial charge in [-0.05, 0) is 6.42 Å². The molecule has 3 saturated heterocycles. The monoisotopic (exact) mass is 333 g/mol. The first kappa shape index (κ1) is 18.5. The van der Waals surface area contributed by atoms with E-state index >= 15 is 0 Å². The Morgan fingerprint density at radius 2 is 1.26 bits per heavy atom. The summed E-state index contributed by atoms with van der Waals surface area (Å²) in [5.74, 6) is -0.642. The molecule has 3 unspecified atom stereocenters. The minimum Gasteiger partial charge on any atom is -0.481 e. The van der Waals surface area contributed by atoms with Gasteiger partial charge in [-0.15, -0.1) is 0 Å². The van der Waals surface area contributed by atoms with Crippen molar-refractivity contribution in [1.29, 1.82) is 0 Å². The first-order valence-electron chi connectivity index (χ1n) is 7.85. The SMILES string of the molecule is O=C(O)C(CC1CN1)(C1CN1)C1CN1.OCC(CO)(CO)CO. The zero-order valence-electron chi connectivity index (χ0n) is 13.0. The second-order valence-electron chi connectivity index (χ2n) is 6.71. The van der Waals surface area contributed by atoms with Crippen molar-refractivity contribution in [3.05, 3.63) is 0 Å². The highest BCUT2D eigenvalue weighted by Gasteiger charge is 2.61. The van der Waals surface area contributed by atoms with Gasteiger partial charge in [0.05, 0.1) is 31.8 Å². The zero-order chi connectivity index (χ0) is 17.1. The maximum absolute atomic E-state index is 11.4. The van der Waals surface area contributed by atoms with Crippen molar-refractivity contribution in [2.75, 3.05) is 46.1 Å². The Morgan fingerprint density at radius 3 is 1.43 bits per heavy atom. The predicted molar refractivity (Wildman–Crippen MR) is 80.8 cm³/mol. The van der Waals surface area contributed by atoms with Crippen LogP contribution >= 0.6 is 0 Å². The highest BCUT2D eigenvalue weighted by Crippen LogP contribution is 2.41. The summed E-state index contributed by atoms with van der Waals surface area (Å²) in [6.45, 7) is 1.07. The van der Waals surface area contributed by atoms with Crippen LogP contribution in [0.1, 0.15) is 6.42 Å². The Balaban J connectivity index is 0.000000188. The largest absolute Gasteiger partial charge is 0.481 e. The van der Waals surface area contributed by atoms with Crippen LogP contribution in [0.5, 0.6) is 0 Å². The Labute approximate surface area is 134 Å². The van der Waals surface area contributed by atoms with Crippen LogP contribution in [0, 0.1) is 10.8 Å². The molecule has 0 saturated carbocycles. The number of carbonyl (C=O) groups is 1. The molecule has 3 rings (SSSR count). The quantitative estimate of drug-likeness (QED) is 0.197. The Kier molecular flexibility index (Phi) is 5.95. The first-order chi connectivity index (χ1) is 11.0. The van der Waals surface area contributed by atoms with E-state index in [2.05, 4.69) is 16.0 Å². The van der Waals surface area contributed by atoms with E-state index in [-0.39, 0.29) is 12.1 Å². The number of carboxylic acid groups (broad SMARTS) is 1. The third-order valence-corrected chi connectivity index (χ3v) is 4.88. The number of aliphatic carboxylic acids is 1. The maximum atomic E-state index is 11.4. The van der Waals surface area contributed by atoms with Crippen LogP contribution in [0.4, 0.5) is 0 Å². The molecule has 3 aliphatic rings. The number of hydrogen-bond donors (Lipinski definition) is 8. The molecule has 3 aliphatic heterocycles. The highest BCUT2D eigenvalue weighted by atomic mass is 16.4. The normalized spacial score (nSPS) is 30.7. The van der Waals surface area contributed by atoms with Gasteiger partial charge in [0, 0.05) is 37.8 Å². The summed E-state index contributed by atoms with van der Waals surface area (Å²) >= 11 is 0. The molecule has 9 nitrogen and oxygen atoms in total. The fraction of sp³-hybridized carbons (Fsp3) is 0.929. The highest BCUT2D eigenvalue weighted by molar-refractivity contribution is 5.78. The Bertz CT molecular complexity index is 376. The van der Waals surface area contributed by atoms with Crippen LogP contribution in [0.15, 0.2) is 0 Å². The zero-order valence-corrected chi connectivity index (χ0v) is 13.0. The van der Waals surface area contributed by atoms with Gasteiger partial charge in [-0.25, -0.2) is 0 Å². The van der Waals surface area contributed by atoms with E-state index in [1.54, 1.807) is 0 Å². The lowest BCUT2D eigenvalue weighted by molar-refractivity contribution is -0.149. The first-order valence-corrected chi connectivity index (χ1v) is 7.85. The molecular weight excluding hydrogens is 306 g/mol. The van der Waals surface area contributed by atoms with Crippen LogP contribution in [-0.4, -0.2) is 95.7 Å². The molecule has 0 bridgehead atoms. The molecule has 3 heterocycles. The van der Waals surface area contributed by atoms with Crippen molar-refractivity contribution in [3.63, 3.8) is 0 Å². The van der Waals surface area contributed by atoms with Gasteiger partial charge in [0.2, 0.25) is 0 Å². The summed E-state index contributed by atoms with van der Waals surface area (Å²) in [7, 11) is 0. The number of hydrogen-bond acceptors (Lipinski definition) is 8. The van der Waals surface area contributed by atoms with Gasteiger partial charge in [0.15, 0.2) is 0 Å². The molecule has 0 amide bonds. The lowest BCUT2D eigenvalue weighted by Gasteiger charge is -2.27. The van der Waals surface area contributed by atoms with E-state index < -0.39 is 43.2 Å². The summed E-state index contributed by atoms with van der Waals surface area (Å²) in [6, 6.07) is 0.792. The van der Waals surface area contributed by atoms with Crippen LogP contribution in [0.2, 0.25) is 0 Å². The van der Waals surface area contributed by atoms with E-state index in [9.17, 15) is 9.90 Å². The van der Waals surface area contributed by atoms with Crippen LogP contribution in [-0.2, 0) is 4.79 Å². The lowest BCUT2D eigenvalue weighted by atomic mass is 9.76. The third kappa shape index (κ3) is 4.18. The van der Waals surface area contributed by atoms with Gasteiger partial charge < -0.3 is 41.5 Å². The predicted octanol–water partition coefficient (Wildman–Crippen LogP) is -3.70. The van der Waals surface area contributed by atoms with Crippen molar-refractivity contribution >= 4 is 5.97 Å². The molecule has 0 aromatic rings. The summed E-state index contributed by atoms with van der Waals surface area (Å²) in [5, 5.41) is 52.9.